The molecule has 0 heterocycles. The summed E-state index contributed by atoms with van der Waals surface area (Å²) in [6, 6.07) is 22.9. The lowest BCUT2D eigenvalue weighted by Gasteiger charge is -2.15. The highest BCUT2D eigenvalue weighted by Gasteiger charge is 2.16. The van der Waals surface area contributed by atoms with Crippen LogP contribution in [-0.2, 0) is 13.2 Å². The van der Waals surface area contributed by atoms with Gasteiger partial charge in [0.1, 0.15) is 30.3 Å². The smallest absolute Gasteiger partial charge is 0.163 e. The Kier molecular flexibility index (Phi) is 7.12. The van der Waals surface area contributed by atoms with Crippen LogP contribution in [-0.4, -0.2) is 16.5 Å². The van der Waals surface area contributed by atoms with E-state index in [1.54, 1.807) is 26.0 Å². The van der Waals surface area contributed by atoms with Crippen molar-refractivity contribution in [2.24, 2.45) is 0 Å². The van der Waals surface area contributed by atoms with Crippen molar-refractivity contribution in [3.63, 3.8) is 0 Å². The van der Waals surface area contributed by atoms with Gasteiger partial charge >= 0.3 is 0 Å². The van der Waals surface area contributed by atoms with Gasteiger partial charge in [0.15, 0.2) is 5.78 Å². The average molecular weight is 415 g/mol. The van der Waals surface area contributed by atoms with Gasteiger partial charge in [-0.3, -0.25) is 4.79 Å². The van der Waals surface area contributed by atoms with E-state index in [9.17, 15) is 9.90 Å². The SMILES string of the molecule is CC(=O)c1cc(C#CC(C)(C)O)c(OCc2ccccc2)cc1OCc1ccccc1. The van der Waals surface area contributed by atoms with Gasteiger partial charge in [-0.05, 0) is 38.0 Å². The standard InChI is InChI=1S/C27H26O4/c1-20(28)24-16-23(14-15-27(2,3)29)25(30-18-21-10-6-4-7-11-21)17-26(24)31-19-22-12-8-5-9-13-22/h4-13,16-17,29H,18-19H2,1-3H3. The van der Waals surface area contributed by atoms with Gasteiger partial charge in [0.05, 0.1) is 11.1 Å². The lowest BCUT2D eigenvalue weighted by atomic mass is 10.0. The van der Waals surface area contributed by atoms with Gasteiger partial charge in [0.25, 0.3) is 0 Å². The molecule has 4 heteroatoms. The number of aliphatic hydroxyl groups is 1. The predicted molar refractivity (Wildman–Crippen MR) is 121 cm³/mol. The number of carbonyl (C=O) groups excluding carboxylic acids is 1. The van der Waals surface area contributed by atoms with Crippen LogP contribution in [0.5, 0.6) is 11.5 Å². The van der Waals surface area contributed by atoms with Gasteiger partial charge in [-0.15, -0.1) is 0 Å². The Morgan fingerprint density at radius 3 is 1.87 bits per heavy atom. The number of carbonyl (C=O) groups is 1. The highest BCUT2D eigenvalue weighted by Crippen LogP contribution is 2.31. The van der Waals surface area contributed by atoms with Crippen molar-refractivity contribution >= 4 is 5.78 Å². The average Bonchev–Trinajstić information content (AvgIpc) is 2.75. The third-order valence-electron chi connectivity index (χ3n) is 4.44. The Hall–Kier alpha value is -3.55. The van der Waals surface area contributed by atoms with Gasteiger partial charge in [0, 0.05) is 6.07 Å². The van der Waals surface area contributed by atoms with E-state index in [2.05, 4.69) is 11.8 Å². The van der Waals surface area contributed by atoms with Gasteiger partial charge < -0.3 is 14.6 Å². The molecule has 0 unspecified atom stereocenters. The quantitative estimate of drug-likeness (QED) is 0.428. The van der Waals surface area contributed by atoms with Crippen molar-refractivity contribution in [2.75, 3.05) is 0 Å². The molecule has 0 atom stereocenters. The van der Waals surface area contributed by atoms with Crippen molar-refractivity contribution in [3.05, 3.63) is 95.1 Å². The number of hydrogen-bond acceptors (Lipinski definition) is 4. The van der Waals surface area contributed by atoms with Crippen LogP contribution in [0.1, 0.15) is 47.8 Å². The molecule has 3 aromatic carbocycles. The second-order valence-corrected chi connectivity index (χ2v) is 7.76. The van der Waals surface area contributed by atoms with Crippen molar-refractivity contribution in [2.45, 2.75) is 39.6 Å². The fourth-order valence-corrected chi connectivity index (χ4v) is 2.86. The van der Waals surface area contributed by atoms with E-state index in [1.165, 1.54) is 6.92 Å². The number of ketones is 1. The van der Waals surface area contributed by atoms with Crippen LogP contribution in [0, 0.1) is 11.8 Å². The lowest BCUT2D eigenvalue weighted by Crippen LogP contribution is -2.14. The molecule has 0 aliphatic carbocycles. The maximum absolute atomic E-state index is 12.3. The monoisotopic (exact) mass is 414 g/mol. The van der Waals surface area contributed by atoms with Crippen LogP contribution in [0.4, 0.5) is 0 Å². The first-order valence-corrected chi connectivity index (χ1v) is 10.1. The molecule has 0 saturated carbocycles. The molecule has 0 bridgehead atoms. The van der Waals surface area contributed by atoms with Gasteiger partial charge in [0.2, 0.25) is 0 Å². The van der Waals surface area contributed by atoms with Gasteiger partial charge in [-0.25, -0.2) is 0 Å². The molecule has 0 saturated heterocycles. The Bertz CT molecular complexity index is 1090. The molecule has 3 rings (SSSR count). The fraction of sp³-hybridized carbons (Fsp3) is 0.222. The summed E-state index contributed by atoms with van der Waals surface area (Å²) in [7, 11) is 0. The number of benzene rings is 3. The minimum Gasteiger partial charge on any atom is -0.488 e. The van der Waals surface area contributed by atoms with Crippen molar-refractivity contribution in [3.8, 4) is 23.3 Å². The topological polar surface area (TPSA) is 55.8 Å². The number of hydrogen-bond donors (Lipinski definition) is 1. The molecule has 0 radical (unpaired) electrons. The number of rotatable bonds is 7. The molecule has 1 N–H and O–H groups in total. The minimum atomic E-state index is -1.17. The first-order valence-electron chi connectivity index (χ1n) is 10.1. The summed E-state index contributed by atoms with van der Waals surface area (Å²) in [4.78, 5) is 12.3. The maximum atomic E-state index is 12.3. The summed E-state index contributed by atoms with van der Waals surface area (Å²) in [6.45, 7) is 5.37. The molecule has 4 nitrogen and oxygen atoms in total. The maximum Gasteiger partial charge on any atom is 0.163 e. The Morgan fingerprint density at radius 2 is 1.39 bits per heavy atom. The van der Waals surface area contributed by atoms with E-state index in [0.717, 1.165) is 11.1 Å². The molecular weight excluding hydrogens is 388 g/mol. The largest absolute Gasteiger partial charge is 0.488 e. The van der Waals surface area contributed by atoms with Gasteiger partial charge in [-0.1, -0.05) is 72.5 Å². The van der Waals surface area contributed by atoms with Gasteiger partial charge in [-0.2, -0.15) is 0 Å². The van der Waals surface area contributed by atoms with Crippen LogP contribution in [0.2, 0.25) is 0 Å². The second kappa shape index (κ2) is 9.97. The molecule has 0 aromatic heterocycles. The minimum absolute atomic E-state index is 0.135. The number of Topliss-reactive ketones (excluding diaryl/α,β-unsaturated/α-hetero) is 1. The highest BCUT2D eigenvalue weighted by molar-refractivity contribution is 5.97. The van der Waals surface area contributed by atoms with Crippen LogP contribution in [0.25, 0.3) is 0 Å². The summed E-state index contributed by atoms with van der Waals surface area (Å²) in [5.41, 5.74) is 1.77. The molecule has 0 spiro atoms. The van der Waals surface area contributed by atoms with Crippen LogP contribution >= 0.6 is 0 Å². The Labute approximate surface area is 183 Å². The van der Waals surface area contributed by atoms with Crippen molar-refractivity contribution in [1.29, 1.82) is 0 Å². The summed E-state index contributed by atoms with van der Waals surface area (Å²) in [5, 5.41) is 10.0. The molecule has 0 aliphatic rings. The van der Waals surface area contributed by atoms with Crippen LogP contribution < -0.4 is 9.47 Å². The molecule has 0 fully saturated rings. The van der Waals surface area contributed by atoms with Crippen molar-refractivity contribution < 1.29 is 19.4 Å². The summed E-state index contributed by atoms with van der Waals surface area (Å²) in [5.74, 6) is 6.54. The molecular formula is C27H26O4. The van der Waals surface area contributed by atoms with E-state index >= 15 is 0 Å². The van der Waals surface area contributed by atoms with Crippen LogP contribution in [0.3, 0.4) is 0 Å². The van der Waals surface area contributed by atoms with E-state index < -0.39 is 5.60 Å². The van der Waals surface area contributed by atoms with E-state index in [0.29, 0.717) is 35.8 Å². The lowest BCUT2D eigenvalue weighted by molar-refractivity contribution is 0.101. The first kappa shape index (κ1) is 22.1. The summed E-state index contributed by atoms with van der Waals surface area (Å²) < 4.78 is 12.0. The molecule has 3 aromatic rings. The zero-order valence-electron chi connectivity index (χ0n) is 18.0. The highest BCUT2D eigenvalue weighted by atomic mass is 16.5. The third-order valence-corrected chi connectivity index (χ3v) is 4.44. The summed E-state index contributed by atoms with van der Waals surface area (Å²) in [6.07, 6.45) is 0. The number of ether oxygens (including phenoxy) is 2. The van der Waals surface area contributed by atoms with E-state index in [1.807, 2.05) is 60.7 Å². The fourth-order valence-electron chi connectivity index (χ4n) is 2.86. The Morgan fingerprint density at radius 1 is 0.871 bits per heavy atom. The molecule has 0 amide bonds. The normalized spacial score (nSPS) is 10.7. The molecule has 31 heavy (non-hydrogen) atoms. The molecule has 0 aliphatic heterocycles. The third kappa shape index (κ3) is 6.74. The first-order chi connectivity index (χ1) is 14.8. The Balaban J connectivity index is 1.96. The zero-order chi connectivity index (χ0) is 22.3. The second-order valence-electron chi connectivity index (χ2n) is 7.76. The van der Waals surface area contributed by atoms with E-state index in [4.69, 9.17) is 9.47 Å². The van der Waals surface area contributed by atoms with Crippen LogP contribution in [0.15, 0.2) is 72.8 Å². The predicted octanol–water partition coefficient (Wildman–Crippen LogP) is 5.17. The summed E-state index contributed by atoms with van der Waals surface area (Å²) >= 11 is 0. The van der Waals surface area contributed by atoms with E-state index in [-0.39, 0.29) is 5.78 Å². The zero-order valence-corrected chi connectivity index (χ0v) is 18.0. The molecule has 158 valence electrons. The van der Waals surface area contributed by atoms with Crippen molar-refractivity contribution in [1.82, 2.24) is 0 Å².